The molecule has 1 N–H and O–H groups in total. The Hall–Kier alpha value is -2.70. The van der Waals surface area contributed by atoms with Crippen LogP contribution in [0.5, 0.6) is 0 Å². The highest BCUT2D eigenvalue weighted by Gasteiger charge is 2.60. The van der Waals surface area contributed by atoms with Gasteiger partial charge in [0.2, 0.25) is 17.7 Å². The van der Waals surface area contributed by atoms with Gasteiger partial charge in [-0.05, 0) is 55.4 Å². The highest BCUT2D eigenvalue weighted by atomic mass is 16.5. The number of methoxy groups -OCH3 is 1. The lowest BCUT2D eigenvalue weighted by Gasteiger charge is -2.19. The molecule has 1 aliphatic heterocycles. The second kappa shape index (κ2) is 6.79. The molecule has 1 aromatic rings. The second-order valence-electron chi connectivity index (χ2n) is 7.58. The number of rotatable bonds is 5. The van der Waals surface area contributed by atoms with Crippen LogP contribution in [0.3, 0.4) is 0 Å². The van der Waals surface area contributed by atoms with E-state index in [0.717, 1.165) is 19.3 Å². The van der Waals surface area contributed by atoms with Crippen LogP contribution >= 0.6 is 0 Å². The Morgan fingerprint density at radius 2 is 1.67 bits per heavy atom. The van der Waals surface area contributed by atoms with Crippen molar-refractivity contribution in [2.45, 2.75) is 25.7 Å². The molecule has 0 spiro atoms. The maximum Gasteiger partial charge on any atom is 0.337 e. The maximum atomic E-state index is 12.6. The molecular weight excluding hydrogens is 348 g/mol. The van der Waals surface area contributed by atoms with Crippen molar-refractivity contribution < 1.29 is 23.9 Å². The van der Waals surface area contributed by atoms with E-state index in [0.29, 0.717) is 23.1 Å². The second-order valence-corrected chi connectivity index (χ2v) is 7.58. The molecule has 7 nitrogen and oxygen atoms in total. The minimum absolute atomic E-state index is 0.0605. The smallest absolute Gasteiger partial charge is 0.337 e. The molecule has 0 aromatic heterocycles. The average Bonchev–Trinajstić information content (AvgIpc) is 3.35. The van der Waals surface area contributed by atoms with E-state index in [-0.39, 0.29) is 42.5 Å². The third-order valence-electron chi connectivity index (χ3n) is 6.17. The number of hydrogen-bond acceptors (Lipinski definition) is 5. The Balaban J connectivity index is 1.32. The molecule has 3 aliphatic rings. The normalized spacial score (nSPS) is 28.4. The van der Waals surface area contributed by atoms with Gasteiger partial charge in [-0.1, -0.05) is 0 Å². The molecular formula is C20H22N2O5. The Morgan fingerprint density at radius 1 is 1.07 bits per heavy atom. The Labute approximate surface area is 157 Å². The van der Waals surface area contributed by atoms with Crippen molar-refractivity contribution in [3.05, 3.63) is 29.8 Å². The predicted molar refractivity (Wildman–Crippen MR) is 95.6 cm³/mol. The average molecular weight is 370 g/mol. The highest BCUT2D eigenvalue weighted by Crippen LogP contribution is 2.56. The van der Waals surface area contributed by atoms with Crippen LogP contribution < -0.4 is 5.32 Å². The van der Waals surface area contributed by atoms with E-state index in [4.69, 9.17) is 0 Å². The summed E-state index contributed by atoms with van der Waals surface area (Å²) in [5.74, 6) is -0.498. The van der Waals surface area contributed by atoms with E-state index in [1.807, 2.05) is 0 Å². The minimum atomic E-state index is -0.446. The summed E-state index contributed by atoms with van der Waals surface area (Å²) >= 11 is 0. The summed E-state index contributed by atoms with van der Waals surface area (Å²) in [6.07, 6.45) is 3.15. The molecule has 2 aliphatic carbocycles. The molecule has 27 heavy (non-hydrogen) atoms. The predicted octanol–water partition coefficient (Wildman–Crippen LogP) is 1.83. The van der Waals surface area contributed by atoms with Crippen molar-refractivity contribution in [3.63, 3.8) is 0 Å². The molecule has 4 rings (SSSR count). The lowest BCUT2D eigenvalue weighted by Crippen LogP contribution is -2.35. The number of imide groups is 1. The van der Waals surface area contributed by atoms with Gasteiger partial charge in [-0.25, -0.2) is 4.79 Å². The van der Waals surface area contributed by atoms with Crippen molar-refractivity contribution in [1.82, 2.24) is 4.90 Å². The van der Waals surface area contributed by atoms with E-state index in [9.17, 15) is 19.2 Å². The van der Waals surface area contributed by atoms with Gasteiger partial charge in [0.1, 0.15) is 0 Å². The largest absolute Gasteiger partial charge is 0.465 e. The molecule has 7 heteroatoms. The summed E-state index contributed by atoms with van der Waals surface area (Å²) in [7, 11) is 1.30. The van der Waals surface area contributed by atoms with Crippen molar-refractivity contribution in [1.29, 1.82) is 0 Å². The number of ether oxygens (including phenoxy) is 1. The molecule has 3 amide bonds. The number of hydrogen-bond donors (Lipinski definition) is 1. The minimum Gasteiger partial charge on any atom is -0.465 e. The highest BCUT2D eigenvalue weighted by molar-refractivity contribution is 6.06. The number of nitrogens with zero attached hydrogens (tertiary/aromatic N) is 1. The van der Waals surface area contributed by atoms with Crippen LogP contribution in [0.25, 0.3) is 0 Å². The summed E-state index contributed by atoms with van der Waals surface area (Å²) in [5.41, 5.74) is 0.937. The molecule has 4 atom stereocenters. The number of amides is 3. The number of nitrogens with one attached hydrogen (secondary N) is 1. The van der Waals surface area contributed by atoms with Crippen LogP contribution in [0, 0.1) is 23.7 Å². The molecule has 1 saturated heterocycles. The van der Waals surface area contributed by atoms with Crippen LogP contribution in [-0.4, -0.2) is 42.2 Å². The number of benzene rings is 1. The summed E-state index contributed by atoms with van der Waals surface area (Å²) in [6, 6.07) is 6.34. The van der Waals surface area contributed by atoms with Crippen molar-refractivity contribution >= 4 is 29.4 Å². The van der Waals surface area contributed by atoms with E-state index < -0.39 is 5.97 Å². The topological polar surface area (TPSA) is 92.8 Å². The summed E-state index contributed by atoms with van der Waals surface area (Å²) in [5, 5.41) is 2.72. The SMILES string of the molecule is COC(=O)c1ccc(NC(=O)CCN2C(=O)[C@@H]3[C@H]4CC[C@@H](C4)[C@@H]3C2=O)cc1. The van der Waals surface area contributed by atoms with Crippen molar-refractivity contribution in [2.24, 2.45) is 23.7 Å². The van der Waals surface area contributed by atoms with Gasteiger partial charge < -0.3 is 10.1 Å². The summed E-state index contributed by atoms with van der Waals surface area (Å²) in [6.45, 7) is 0.121. The lowest BCUT2D eigenvalue weighted by molar-refractivity contribution is -0.140. The van der Waals surface area contributed by atoms with Gasteiger partial charge in [-0.2, -0.15) is 0 Å². The molecule has 0 radical (unpaired) electrons. The zero-order valence-electron chi connectivity index (χ0n) is 15.1. The third-order valence-corrected chi connectivity index (χ3v) is 6.17. The fourth-order valence-corrected chi connectivity index (χ4v) is 4.94. The Morgan fingerprint density at radius 3 is 2.22 bits per heavy atom. The molecule has 142 valence electrons. The third kappa shape index (κ3) is 3.01. The number of fused-ring (bicyclic) bond motifs is 5. The first-order chi connectivity index (χ1) is 13.0. The number of carbonyl (C=O) groups excluding carboxylic acids is 4. The molecule has 1 aromatic carbocycles. The number of carbonyl (C=O) groups is 4. The van der Waals surface area contributed by atoms with Crippen LogP contribution in [0.4, 0.5) is 5.69 Å². The van der Waals surface area contributed by atoms with Gasteiger partial charge in [-0.3, -0.25) is 19.3 Å². The fourth-order valence-electron chi connectivity index (χ4n) is 4.94. The monoisotopic (exact) mass is 370 g/mol. The van der Waals surface area contributed by atoms with Crippen LogP contribution in [0.1, 0.15) is 36.0 Å². The van der Waals surface area contributed by atoms with Gasteiger partial charge >= 0.3 is 5.97 Å². The van der Waals surface area contributed by atoms with Gasteiger partial charge in [0.25, 0.3) is 0 Å². The van der Waals surface area contributed by atoms with E-state index in [2.05, 4.69) is 10.1 Å². The first-order valence-electron chi connectivity index (χ1n) is 9.33. The van der Waals surface area contributed by atoms with E-state index >= 15 is 0 Å². The summed E-state index contributed by atoms with van der Waals surface area (Å²) < 4.78 is 4.63. The maximum absolute atomic E-state index is 12.6. The zero-order chi connectivity index (χ0) is 19.1. The molecule has 0 unspecified atom stereocenters. The van der Waals surface area contributed by atoms with Crippen molar-refractivity contribution in [2.75, 3.05) is 19.0 Å². The van der Waals surface area contributed by atoms with E-state index in [1.54, 1.807) is 24.3 Å². The fraction of sp³-hybridized carbons (Fsp3) is 0.500. The molecule has 3 fully saturated rings. The van der Waals surface area contributed by atoms with Gasteiger partial charge in [0, 0.05) is 18.7 Å². The molecule has 2 bridgehead atoms. The van der Waals surface area contributed by atoms with Crippen LogP contribution in [-0.2, 0) is 19.1 Å². The van der Waals surface area contributed by atoms with Crippen molar-refractivity contribution in [3.8, 4) is 0 Å². The van der Waals surface area contributed by atoms with E-state index in [1.165, 1.54) is 12.0 Å². The summed E-state index contributed by atoms with van der Waals surface area (Å²) in [4.78, 5) is 50.1. The first-order valence-corrected chi connectivity index (χ1v) is 9.33. The van der Waals surface area contributed by atoms with Gasteiger partial charge in [0.05, 0.1) is 24.5 Å². The standard InChI is InChI=1S/C20H22N2O5/c1-27-20(26)11-4-6-14(7-5-11)21-15(23)8-9-22-18(24)16-12-2-3-13(10-12)17(16)19(22)25/h4-7,12-13,16-17H,2-3,8-10H2,1H3,(H,21,23)/t12-,13-,16-,17+/m0/s1. The van der Waals surface area contributed by atoms with Crippen LogP contribution in [0.15, 0.2) is 24.3 Å². The lowest BCUT2D eigenvalue weighted by atomic mass is 9.81. The zero-order valence-corrected chi connectivity index (χ0v) is 15.1. The quantitative estimate of drug-likeness (QED) is 0.631. The Bertz CT molecular complexity index is 775. The van der Waals surface area contributed by atoms with Crippen LogP contribution in [0.2, 0.25) is 0 Å². The number of likely N-dealkylation sites (tertiary alicyclic amines) is 1. The number of esters is 1. The Kier molecular flexibility index (Phi) is 4.45. The van der Waals surface area contributed by atoms with Gasteiger partial charge in [-0.15, -0.1) is 0 Å². The number of anilines is 1. The molecule has 1 heterocycles. The molecule has 2 saturated carbocycles. The first kappa shape index (κ1) is 17.7. The van der Waals surface area contributed by atoms with Gasteiger partial charge in [0.15, 0.2) is 0 Å².